The van der Waals surface area contributed by atoms with Crippen LogP contribution in [0.5, 0.6) is 0 Å². The minimum atomic E-state index is -0.785. The van der Waals surface area contributed by atoms with Gasteiger partial charge >= 0.3 is 6.09 Å². The molecular weight excluding hydrogens is 474 g/mol. The first-order chi connectivity index (χ1) is 18.2. The molecule has 37 heavy (non-hydrogen) atoms. The monoisotopic (exact) mass is 505 g/mol. The lowest BCUT2D eigenvalue weighted by atomic mass is 9.95. The molecule has 2 fully saturated rings. The number of alkyl carbamates (subject to hydrolysis) is 1. The summed E-state index contributed by atoms with van der Waals surface area (Å²) in [5, 5.41) is 2.91. The highest BCUT2D eigenvalue weighted by atomic mass is 16.7. The van der Waals surface area contributed by atoms with Crippen molar-refractivity contribution >= 4 is 6.09 Å². The molecule has 2 aliphatic heterocycles. The van der Waals surface area contributed by atoms with Gasteiger partial charge in [0.2, 0.25) is 0 Å². The highest BCUT2D eigenvalue weighted by Crippen LogP contribution is 2.36. The van der Waals surface area contributed by atoms with E-state index in [0.29, 0.717) is 13.2 Å². The van der Waals surface area contributed by atoms with E-state index in [4.69, 9.17) is 28.4 Å². The molecule has 3 aromatic carbocycles. The summed E-state index contributed by atoms with van der Waals surface area (Å²) in [5.74, 6) is 0. The second-order valence-electron chi connectivity index (χ2n) is 8.95. The third-order valence-electron chi connectivity index (χ3n) is 6.43. The Kier molecular flexibility index (Phi) is 8.45. The third-order valence-corrected chi connectivity index (χ3v) is 6.43. The Morgan fingerprint density at radius 1 is 0.865 bits per heavy atom. The van der Waals surface area contributed by atoms with Gasteiger partial charge in [-0.1, -0.05) is 91.0 Å². The molecule has 2 aliphatic rings. The second-order valence-corrected chi connectivity index (χ2v) is 8.95. The van der Waals surface area contributed by atoms with E-state index in [2.05, 4.69) is 5.32 Å². The lowest BCUT2D eigenvalue weighted by Crippen LogP contribution is -2.67. The fourth-order valence-corrected chi connectivity index (χ4v) is 4.57. The molecule has 8 nitrogen and oxygen atoms in total. The summed E-state index contributed by atoms with van der Waals surface area (Å²) in [6.07, 6.45) is -3.52. The van der Waals surface area contributed by atoms with Crippen LogP contribution < -0.4 is 5.32 Å². The summed E-state index contributed by atoms with van der Waals surface area (Å²) in [7, 11) is 1.53. The molecule has 194 valence electrons. The average molecular weight is 506 g/mol. The summed E-state index contributed by atoms with van der Waals surface area (Å²) >= 11 is 0. The Labute approximate surface area is 216 Å². The number of benzene rings is 3. The van der Waals surface area contributed by atoms with E-state index in [-0.39, 0.29) is 6.61 Å². The molecule has 0 bridgehead atoms. The average Bonchev–Trinajstić information content (AvgIpc) is 2.96. The van der Waals surface area contributed by atoms with Crippen LogP contribution in [-0.4, -0.2) is 50.5 Å². The van der Waals surface area contributed by atoms with E-state index in [0.717, 1.165) is 16.7 Å². The second kappa shape index (κ2) is 12.3. The zero-order valence-corrected chi connectivity index (χ0v) is 20.6. The maximum absolute atomic E-state index is 12.8. The number of rotatable bonds is 8. The minimum Gasteiger partial charge on any atom is -0.445 e. The topological polar surface area (TPSA) is 84.5 Å². The van der Waals surface area contributed by atoms with Crippen LogP contribution in [-0.2, 0) is 41.6 Å². The zero-order valence-electron chi connectivity index (χ0n) is 20.6. The Morgan fingerprint density at radius 3 is 2.14 bits per heavy atom. The van der Waals surface area contributed by atoms with Gasteiger partial charge < -0.3 is 33.7 Å². The van der Waals surface area contributed by atoms with Gasteiger partial charge in [0, 0.05) is 12.7 Å². The molecule has 2 saturated heterocycles. The predicted octanol–water partition coefficient (Wildman–Crippen LogP) is 4.35. The van der Waals surface area contributed by atoms with Crippen LogP contribution in [0.3, 0.4) is 0 Å². The van der Waals surface area contributed by atoms with Gasteiger partial charge in [-0.2, -0.15) is 0 Å². The predicted molar refractivity (Wildman–Crippen MR) is 134 cm³/mol. The van der Waals surface area contributed by atoms with Crippen LogP contribution in [0.25, 0.3) is 0 Å². The van der Waals surface area contributed by atoms with Crippen molar-refractivity contribution in [1.29, 1.82) is 0 Å². The van der Waals surface area contributed by atoms with Gasteiger partial charge in [-0.25, -0.2) is 4.79 Å². The normalized spacial score (nSPS) is 27.2. The van der Waals surface area contributed by atoms with Crippen molar-refractivity contribution in [3.8, 4) is 0 Å². The van der Waals surface area contributed by atoms with Crippen molar-refractivity contribution in [3.63, 3.8) is 0 Å². The molecule has 1 N–H and O–H groups in total. The van der Waals surface area contributed by atoms with E-state index >= 15 is 0 Å². The maximum atomic E-state index is 12.8. The van der Waals surface area contributed by atoms with Crippen LogP contribution in [0.1, 0.15) is 23.0 Å². The SMILES string of the molecule is COC1O[C@@H]2COC(c3ccccc3)O[C@H]2[C@H](OCc2ccccc2)[C@H]1NC(=O)OCc1ccccc1. The summed E-state index contributed by atoms with van der Waals surface area (Å²) in [4.78, 5) is 12.8. The van der Waals surface area contributed by atoms with Crippen molar-refractivity contribution < 1.29 is 33.2 Å². The lowest BCUT2D eigenvalue weighted by molar-refractivity contribution is -0.346. The van der Waals surface area contributed by atoms with Gasteiger partial charge in [-0.15, -0.1) is 0 Å². The number of methoxy groups -OCH3 is 1. The van der Waals surface area contributed by atoms with Gasteiger partial charge in [0.05, 0.1) is 13.2 Å². The molecule has 0 aromatic heterocycles. The largest absolute Gasteiger partial charge is 0.445 e. The number of fused-ring (bicyclic) bond motifs is 1. The van der Waals surface area contributed by atoms with E-state index in [1.165, 1.54) is 7.11 Å². The molecule has 0 saturated carbocycles. The fraction of sp³-hybridized carbons (Fsp3) is 0.345. The first-order valence-electron chi connectivity index (χ1n) is 12.3. The molecule has 2 unspecified atom stereocenters. The summed E-state index contributed by atoms with van der Waals surface area (Å²) in [6.45, 7) is 0.753. The van der Waals surface area contributed by atoms with E-state index in [9.17, 15) is 4.79 Å². The van der Waals surface area contributed by atoms with Crippen LogP contribution >= 0.6 is 0 Å². The lowest BCUT2D eigenvalue weighted by Gasteiger charge is -2.48. The molecule has 3 aromatic rings. The zero-order chi connectivity index (χ0) is 25.5. The van der Waals surface area contributed by atoms with E-state index in [1.54, 1.807) is 0 Å². The van der Waals surface area contributed by atoms with Crippen LogP contribution in [0.2, 0.25) is 0 Å². The molecular formula is C29H31NO7. The smallest absolute Gasteiger partial charge is 0.407 e. The Hall–Kier alpha value is -3.27. The van der Waals surface area contributed by atoms with Crippen molar-refractivity contribution in [1.82, 2.24) is 5.32 Å². The van der Waals surface area contributed by atoms with Gasteiger partial charge in [0.15, 0.2) is 12.6 Å². The minimum absolute atomic E-state index is 0.139. The third kappa shape index (κ3) is 6.36. The first-order valence-corrected chi connectivity index (χ1v) is 12.3. The van der Waals surface area contributed by atoms with E-state index < -0.39 is 43.0 Å². The van der Waals surface area contributed by atoms with Gasteiger partial charge in [0.25, 0.3) is 0 Å². The molecule has 2 heterocycles. The maximum Gasteiger partial charge on any atom is 0.407 e. The molecule has 6 atom stereocenters. The van der Waals surface area contributed by atoms with Crippen molar-refractivity contribution in [2.24, 2.45) is 0 Å². The van der Waals surface area contributed by atoms with Gasteiger partial charge in [-0.05, 0) is 11.1 Å². The number of amides is 1. The molecule has 5 rings (SSSR count). The van der Waals surface area contributed by atoms with Gasteiger partial charge in [-0.3, -0.25) is 0 Å². The summed E-state index contributed by atoms with van der Waals surface area (Å²) < 4.78 is 36.0. The van der Waals surface area contributed by atoms with E-state index in [1.807, 2.05) is 91.0 Å². The van der Waals surface area contributed by atoms with Crippen LogP contribution in [0, 0.1) is 0 Å². The van der Waals surface area contributed by atoms with Crippen LogP contribution in [0.15, 0.2) is 91.0 Å². The number of hydrogen-bond acceptors (Lipinski definition) is 7. The van der Waals surface area contributed by atoms with Gasteiger partial charge in [0.1, 0.15) is 31.0 Å². The molecule has 0 spiro atoms. The molecule has 1 amide bonds. The molecule has 0 aliphatic carbocycles. The van der Waals surface area contributed by atoms with Crippen molar-refractivity contribution in [3.05, 3.63) is 108 Å². The summed E-state index contributed by atoms with van der Waals surface area (Å²) in [6, 6.07) is 28.3. The van der Waals surface area contributed by atoms with Crippen molar-refractivity contribution in [2.45, 2.75) is 50.1 Å². The number of ether oxygens (including phenoxy) is 6. The van der Waals surface area contributed by atoms with Crippen LogP contribution in [0.4, 0.5) is 4.79 Å². The number of carbonyl (C=O) groups excluding carboxylic acids is 1. The molecule has 8 heteroatoms. The van der Waals surface area contributed by atoms with Crippen molar-refractivity contribution in [2.75, 3.05) is 13.7 Å². The number of nitrogens with one attached hydrogen (secondary N) is 1. The number of hydrogen-bond donors (Lipinski definition) is 1. The number of carbonyl (C=O) groups is 1. The standard InChI is InChI=1S/C29H31NO7/c1-32-28-24(30-29(31)35-18-21-13-7-3-8-14-21)26(33-17-20-11-5-2-6-12-20)25-23(36-28)19-34-27(37-25)22-15-9-4-10-16-22/h2-16,23-28H,17-19H2,1H3,(H,30,31)/t23-,24-,25-,26-,27?,28?/m1/s1. The summed E-state index contributed by atoms with van der Waals surface area (Å²) in [5.41, 5.74) is 2.77. The first kappa shape index (κ1) is 25.4. The quantitative estimate of drug-likeness (QED) is 0.487. The Balaban J connectivity index is 1.35. The Morgan fingerprint density at radius 2 is 1.49 bits per heavy atom. The Bertz CT molecular complexity index is 1110. The highest BCUT2D eigenvalue weighted by molar-refractivity contribution is 5.67. The fourth-order valence-electron chi connectivity index (χ4n) is 4.57. The highest BCUT2D eigenvalue weighted by Gasteiger charge is 2.51. The molecule has 0 radical (unpaired) electrons.